The van der Waals surface area contributed by atoms with Crippen molar-refractivity contribution in [3.05, 3.63) is 35.4 Å². The standard InChI is InChI=1S/C24H36N4O2/c1-18-3-7-20(8-4-18)24(30)25-16-22-10-9-21(28(22)17-19-5-6-19)15-23(29)27-13-11-26(2)12-14-27/h3-4,7-8,19,21-22H,5-6,9-17H2,1-2H3,(H,25,30)/t21-,22+/m1/s1. The Kier molecular flexibility index (Phi) is 6.74. The number of piperazine rings is 1. The molecule has 2 amide bonds. The van der Waals surface area contributed by atoms with Gasteiger partial charge in [0.25, 0.3) is 5.91 Å². The highest BCUT2D eigenvalue weighted by Gasteiger charge is 2.38. The van der Waals surface area contributed by atoms with E-state index in [1.165, 1.54) is 12.8 Å². The molecule has 4 rings (SSSR count). The summed E-state index contributed by atoms with van der Waals surface area (Å²) in [6.45, 7) is 7.40. The first kappa shape index (κ1) is 21.3. The number of carbonyl (C=O) groups is 2. The number of likely N-dealkylation sites (N-methyl/N-ethyl adjacent to an activating group) is 1. The van der Waals surface area contributed by atoms with Crippen LogP contribution in [0.5, 0.6) is 0 Å². The molecular formula is C24H36N4O2. The van der Waals surface area contributed by atoms with Gasteiger partial charge in [0.1, 0.15) is 0 Å². The molecule has 0 bridgehead atoms. The van der Waals surface area contributed by atoms with E-state index in [-0.39, 0.29) is 5.91 Å². The Labute approximate surface area is 180 Å². The molecule has 1 N–H and O–H groups in total. The maximum absolute atomic E-state index is 12.9. The molecule has 1 aliphatic carbocycles. The summed E-state index contributed by atoms with van der Waals surface area (Å²) in [7, 11) is 2.12. The lowest BCUT2D eigenvalue weighted by molar-refractivity contribution is -0.134. The van der Waals surface area contributed by atoms with Crippen LogP contribution in [-0.2, 0) is 4.79 Å². The molecule has 1 aromatic carbocycles. The Hall–Kier alpha value is -1.92. The largest absolute Gasteiger partial charge is 0.350 e. The van der Waals surface area contributed by atoms with Gasteiger partial charge in [-0.2, -0.15) is 0 Å². The van der Waals surface area contributed by atoms with Gasteiger partial charge in [-0.15, -0.1) is 0 Å². The maximum Gasteiger partial charge on any atom is 0.251 e. The summed E-state index contributed by atoms with van der Waals surface area (Å²) in [5, 5.41) is 3.14. The van der Waals surface area contributed by atoms with Crippen LogP contribution < -0.4 is 5.32 Å². The van der Waals surface area contributed by atoms with Crippen LogP contribution in [0.4, 0.5) is 0 Å². The Morgan fingerprint density at radius 1 is 0.967 bits per heavy atom. The quantitative estimate of drug-likeness (QED) is 0.746. The van der Waals surface area contributed by atoms with E-state index in [4.69, 9.17) is 0 Å². The highest BCUT2D eigenvalue weighted by molar-refractivity contribution is 5.94. The third-order valence-electron chi connectivity index (χ3n) is 7.02. The van der Waals surface area contributed by atoms with E-state index in [1.807, 2.05) is 36.1 Å². The van der Waals surface area contributed by atoms with Crippen molar-refractivity contribution in [3.63, 3.8) is 0 Å². The lowest BCUT2D eigenvalue weighted by atomic mass is 10.1. The van der Waals surface area contributed by atoms with Gasteiger partial charge >= 0.3 is 0 Å². The van der Waals surface area contributed by atoms with E-state index in [0.29, 0.717) is 36.5 Å². The highest BCUT2D eigenvalue weighted by Crippen LogP contribution is 2.35. The Morgan fingerprint density at radius 3 is 2.30 bits per heavy atom. The normalized spacial score (nSPS) is 25.5. The third-order valence-corrected chi connectivity index (χ3v) is 7.02. The van der Waals surface area contributed by atoms with Crippen LogP contribution >= 0.6 is 0 Å². The molecule has 0 spiro atoms. The van der Waals surface area contributed by atoms with Crippen molar-refractivity contribution in [2.45, 2.75) is 51.1 Å². The van der Waals surface area contributed by atoms with Gasteiger partial charge in [0.2, 0.25) is 5.91 Å². The van der Waals surface area contributed by atoms with Crippen LogP contribution in [0, 0.1) is 12.8 Å². The number of hydrogen-bond acceptors (Lipinski definition) is 4. The minimum absolute atomic E-state index is 0.00154. The van der Waals surface area contributed by atoms with E-state index >= 15 is 0 Å². The molecule has 30 heavy (non-hydrogen) atoms. The van der Waals surface area contributed by atoms with Crippen LogP contribution in [0.2, 0.25) is 0 Å². The van der Waals surface area contributed by atoms with Gasteiger partial charge in [-0.3, -0.25) is 14.5 Å². The van der Waals surface area contributed by atoms with Crippen molar-refractivity contribution in [2.24, 2.45) is 5.92 Å². The van der Waals surface area contributed by atoms with Crippen LogP contribution in [0.15, 0.2) is 24.3 Å². The first-order valence-electron chi connectivity index (χ1n) is 11.6. The first-order chi connectivity index (χ1) is 14.5. The van der Waals surface area contributed by atoms with Crippen LogP contribution in [0.25, 0.3) is 0 Å². The number of benzene rings is 1. The van der Waals surface area contributed by atoms with Crippen LogP contribution in [0.1, 0.15) is 48.0 Å². The summed E-state index contributed by atoms with van der Waals surface area (Å²) in [4.78, 5) is 32.3. The fourth-order valence-electron chi connectivity index (χ4n) is 4.75. The Balaban J connectivity index is 1.32. The molecule has 6 heteroatoms. The Morgan fingerprint density at radius 2 is 1.63 bits per heavy atom. The van der Waals surface area contributed by atoms with Crippen LogP contribution in [-0.4, -0.2) is 84.9 Å². The van der Waals surface area contributed by atoms with Gasteiger partial charge in [0, 0.05) is 63.3 Å². The fraction of sp³-hybridized carbons (Fsp3) is 0.667. The number of amides is 2. The van der Waals surface area contributed by atoms with E-state index in [1.54, 1.807) is 0 Å². The number of carbonyl (C=O) groups excluding carboxylic acids is 2. The zero-order valence-corrected chi connectivity index (χ0v) is 18.5. The molecule has 3 fully saturated rings. The molecule has 0 unspecified atom stereocenters. The number of aryl methyl sites for hydroxylation is 1. The average molecular weight is 413 g/mol. The number of hydrogen-bond donors (Lipinski definition) is 1. The summed E-state index contributed by atoms with van der Waals surface area (Å²) in [5.41, 5.74) is 1.87. The van der Waals surface area contributed by atoms with E-state index in [2.05, 4.69) is 22.2 Å². The highest BCUT2D eigenvalue weighted by atomic mass is 16.2. The summed E-state index contributed by atoms with van der Waals surface area (Å²) < 4.78 is 0. The predicted molar refractivity (Wildman–Crippen MR) is 118 cm³/mol. The zero-order valence-electron chi connectivity index (χ0n) is 18.5. The molecule has 6 nitrogen and oxygen atoms in total. The fourth-order valence-corrected chi connectivity index (χ4v) is 4.75. The molecule has 1 saturated carbocycles. The number of rotatable bonds is 7. The van der Waals surface area contributed by atoms with Gasteiger partial charge in [0.15, 0.2) is 0 Å². The van der Waals surface area contributed by atoms with Gasteiger partial charge in [0.05, 0.1) is 0 Å². The summed E-state index contributed by atoms with van der Waals surface area (Å²) in [6, 6.07) is 8.38. The molecule has 2 aliphatic heterocycles. The molecule has 2 saturated heterocycles. The lowest BCUT2D eigenvalue weighted by Crippen LogP contribution is -2.49. The second-order valence-electron chi connectivity index (χ2n) is 9.49. The van der Waals surface area contributed by atoms with Crippen molar-refractivity contribution in [2.75, 3.05) is 46.3 Å². The molecule has 2 atom stereocenters. The molecule has 164 valence electrons. The predicted octanol–water partition coefficient (Wildman–Crippen LogP) is 2.13. The maximum atomic E-state index is 12.9. The minimum Gasteiger partial charge on any atom is -0.350 e. The van der Waals surface area contributed by atoms with Gasteiger partial charge in [-0.1, -0.05) is 17.7 Å². The summed E-state index contributed by atoms with van der Waals surface area (Å²) in [5.74, 6) is 1.08. The Bertz CT molecular complexity index is 738. The zero-order chi connectivity index (χ0) is 21.1. The molecule has 0 aromatic heterocycles. The SMILES string of the molecule is Cc1ccc(C(=O)NC[C@@H]2CC[C@H](CC(=O)N3CCN(C)CC3)N2CC2CC2)cc1. The summed E-state index contributed by atoms with van der Waals surface area (Å²) in [6.07, 6.45) is 5.34. The number of nitrogens with zero attached hydrogens (tertiary/aromatic N) is 3. The van der Waals surface area contributed by atoms with Gasteiger partial charge in [-0.05, 0) is 57.7 Å². The number of nitrogens with one attached hydrogen (secondary N) is 1. The van der Waals surface area contributed by atoms with Crippen molar-refractivity contribution in [3.8, 4) is 0 Å². The topological polar surface area (TPSA) is 55.9 Å². The monoisotopic (exact) mass is 412 g/mol. The van der Waals surface area contributed by atoms with Crippen molar-refractivity contribution < 1.29 is 9.59 Å². The second-order valence-corrected chi connectivity index (χ2v) is 9.49. The average Bonchev–Trinajstić information content (AvgIpc) is 3.49. The van der Waals surface area contributed by atoms with E-state index in [9.17, 15) is 9.59 Å². The molecule has 1 aromatic rings. The van der Waals surface area contributed by atoms with E-state index < -0.39 is 0 Å². The first-order valence-corrected chi connectivity index (χ1v) is 11.6. The van der Waals surface area contributed by atoms with Crippen molar-refractivity contribution in [1.82, 2.24) is 20.0 Å². The van der Waals surface area contributed by atoms with Crippen LogP contribution in [0.3, 0.4) is 0 Å². The third kappa shape index (κ3) is 5.41. The second kappa shape index (κ2) is 9.48. The number of likely N-dealkylation sites (tertiary alicyclic amines) is 1. The molecular weight excluding hydrogens is 376 g/mol. The van der Waals surface area contributed by atoms with Gasteiger partial charge < -0.3 is 15.1 Å². The summed E-state index contributed by atoms with van der Waals surface area (Å²) >= 11 is 0. The van der Waals surface area contributed by atoms with E-state index in [0.717, 1.165) is 57.0 Å². The molecule has 2 heterocycles. The molecule has 3 aliphatic rings. The van der Waals surface area contributed by atoms with Gasteiger partial charge in [-0.25, -0.2) is 0 Å². The minimum atomic E-state index is -0.00154. The van der Waals surface area contributed by atoms with Crippen molar-refractivity contribution >= 4 is 11.8 Å². The smallest absolute Gasteiger partial charge is 0.251 e. The lowest BCUT2D eigenvalue weighted by Gasteiger charge is -2.35. The molecule has 0 radical (unpaired) electrons. The van der Waals surface area contributed by atoms with Crippen molar-refractivity contribution in [1.29, 1.82) is 0 Å².